The molecular weight excluding hydrogens is 509 g/mol. The molecule has 0 radical (unpaired) electrons. The second-order valence-electron chi connectivity index (χ2n) is 8.49. The van der Waals surface area contributed by atoms with Crippen LogP contribution in [0, 0.1) is 5.92 Å². The molecule has 1 saturated heterocycles. The SMILES string of the molecule is CCCCOC(=O)[C@H](C)N[P@@](=O)(OC[C@H]1O[C@@H](n2ccc(=O)[nH]c2=O)[C@H](O)[C@@H]1CO)Oc1ccccc1. The number of ether oxygens (including phenoxy) is 2. The maximum Gasteiger partial charge on any atom is 0.459 e. The van der Waals surface area contributed by atoms with Gasteiger partial charge in [0.2, 0.25) is 0 Å². The van der Waals surface area contributed by atoms with Crippen LogP contribution in [0.4, 0.5) is 0 Å². The summed E-state index contributed by atoms with van der Waals surface area (Å²) in [5.74, 6) is -1.37. The summed E-state index contributed by atoms with van der Waals surface area (Å²) in [6.07, 6.45) is -0.952. The van der Waals surface area contributed by atoms with Crippen molar-refractivity contribution < 1.29 is 38.1 Å². The van der Waals surface area contributed by atoms with Gasteiger partial charge in [0.05, 0.1) is 25.9 Å². The summed E-state index contributed by atoms with van der Waals surface area (Å²) in [5.41, 5.74) is -1.44. The molecule has 37 heavy (non-hydrogen) atoms. The zero-order chi connectivity index (χ0) is 27.0. The number of hydrogen-bond donors (Lipinski definition) is 4. The Morgan fingerprint density at radius 3 is 2.65 bits per heavy atom. The van der Waals surface area contributed by atoms with E-state index < -0.39 is 68.6 Å². The van der Waals surface area contributed by atoms with Crippen molar-refractivity contribution in [2.24, 2.45) is 5.92 Å². The van der Waals surface area contributed by atoms with Crippen molar-refractivity contribution in [1.29, 1.82) is 0 Å². The van der Waals surface area contributed by atoms with Crippen LogP contribution in [0.5, 0.6) is 5.75 Å². The molecule has 1 aromatic carbocycles. The minimum Gasteiger partial charge on any atom is -0.465 e. The number of carbonyl (C=O) groups is 1. The molecule has 0 amide bonds. The Morgan fingerprint density at radius 2 is 2.00 bits per heavy atom. The third-order valence-electron chi connectivity index (χ3n) is 5.68. The number of aliphatic hydroxyl groups is 2. The van der Waals surface area contributed by atoms with E-state index in [9.17, 15) is 29.2 Å². The van der Waals surface area contributed by atoms with E-state index in [1.165, 1.54) is 6.92 Å². The average molecular weight is 541 g/mol. The molecule has 2 aromatic rings. The number of nitrogens with zero attached hydrogens (tertiary/aromatic N) is 1. The molecular formula is C23H32N3O10P. The fraction of sp³-hybridized carbons (Fsp3) is 0.522. The number of nitrogens with one attached hydrogen (secondary N) is 2. The normalized spacial score (nSPS) is 23.8. The molecule has 0 spiro atoms. The van der Waals surface area contributed by atoms with Crippen LogP contribution in [0.2, 0.25) is 0 Å². The van der Waals surface area contributed by atoms with Gasteiger partial charge >= 0.3 is 19.4 Å². The maximum atomic E-state index is 13.7. The summed E-state index contributed by atoms with van der Waals surface area (Å²) in [6.45, 7) is 2.63. The highest BCUT2D eigenvalue weighted by molar-refractivity contribution is 7.52. The molecule has 4 N–H and O–H groups in total. The zero-order valence-electron chi connectivity index (χ0n) is 20.5. The zero-order valence-corrected chi connectivity index (χ0v) is 21.4. The van der Waals surface area contributed by atoms with E-state index in [1.54, 1.807) is 30.3 Å². The van der Waals surface area contributed by atoms with E-state index in [0.29, 0.717) is 6.42 Å². The standard InChI is InChI=1S/C23H32N3O10P/c1-3-4-12-33-22(30)15(2)25-37(32,36-16-8-6-5-7-9-16)34-14-18-17(13-27)20(29)21(35-18)26-11-10-19(28)24-23(26)31/h5-11,15,17-18,20-21,27,29H,3-4,12-14H2,1-2H3,(H,25,32)(H,24,28,31)/t15-,17+,18+,20+,21+,37+/m0/s1. The van der Waals surface area contributed by atoms with Gasteiger partial charge in [-0.1, -0.05) is 31.5 Å². The first kappa shape index (κ1) is 28.8. The number of unbranched alkanes of at least 4 members (excludes halogenated alkanes) is 1. The highest BCUT2D eigenvalue weighted by Crippen LogP contribution is 2.46. The van der Waals surface area contributed by atoms with Gasteiger partial charge in [0.1, 0.15) is 17.9 Å². The molecule has 0 saturated carbocycles. The number of carbonyl (C=O) groups excluding carboxylic acids is 1. The molecule has 204 valence electrons. The van der Waals surface area contributed by atoms with Gasteiger partial charge < -0.3 is 24.2 Å². The topological polar surface area (TPSA) is 178 Å². The van der Waals surface area contributed by atoms with Gasteiger partial charge in [0.15, 0.2) is 6.23 Å². The van der Waals surface area contributed by atoms with Gasteiger partial charge in [0.25, 0.3) is 5.56 Å². The number of aliphatic hydroxyl groups excluding tert-OH is 2. The Balaban J connectivity index is 1.76. The highest BCUT2D eigenvalue weighted by atomic mass is 31.2. The van der Waals surface area contributed by atoms with Crippen LogP contribution >= 0.6 is 7.75 Å². The van der Waals surface area contributed by atoms with Crippen LogP contribution in [0.3, 0.4) is 0 Å². The first-order valence-corrected chi connectivity index (χ1v) is 13.4. The average Bonchev–Trinajstić information content (AvgIpc) is 3.18. The molecule has 14 heteroatoms. The summed E-state index contributed by atoms with van der Waals surface area (Å²) in [5, 5.41) is 23.1. The highest BCUT2D eigenvalue weighted by Gasteiger charge is 2.46. The van der Waals surface area contributed by atoms with Crippen LogP contribution in [0.1, 0.15) is 32.9 Å². The molecule has 3 rings (SSSR count). The van der Waals surface area contributed by atoms with E-state index in [0.717, 1.165) is 23.3 Å². The van der Waals surface area contributed by atoms with Crippen molar-refractivity contribution in [3.05, 3.63) is 63.4 Å². The van der Waals surface area contributed by atoms with Gasteiger partial charge in [0, 0.05) is 18.2 Å². The second kappa shape index (κ2) is 13.1. The number of H-pyrrole nitrogens is 1. The molecule has 0 bridgehead atoms. The molecule has 0 aliphatic carbocycles. The van der Waals surface area contributed by atoms with Crippen molar-refractivity contribution in [1.82, 2.24) is 14.6 Å². The molecule has 13 nitrogen and oxygen atoms in total. The third-order valence-corrected chi connectivity index (χ3v) is 7.33. The third kappa shape index (κ3) is 7.60. The van der Waals surface area contributed by atoms with Crippen molar-refractivity contribution in [2.45, 2.75) is 51.2 Å². The first-order valence-electron chi connectivity index (χ1n) is 11.9. The summed E-state index contributed by atoms with van der Waals surface area (Å²) in [4.78, 5) is 38.0. The van der Waals surface area contributed by atoms with E-state index in [4.69, 9.17) is 18.5 Å². The van der Waals surface area contributed by atoms with Gasteiger partial charge in [-0.05, 0) is 25.5 Å². The summed E-state index contributed by atoms with van der Waals surface area (Å²) in [7, 11) is -4.22. The smallest absolute Gasteiger partial charge is 0.459 e. The lowest BCUT2D eigenvalue weighted by molar-refractivity contribution is -0.145. The Morgan fingerprint density at radius 1 is 1.27 bits per heavy atom. The number of hydrogen-bond acceptors (Lipinski definition) is 10. The molecule has 1 aromatic heterocycles. The van der Waals surface area contributed by atoms with E-state index in [-0.39, 0.29) is 12.4 Å². The molecule has 2 heterocycles. The number of aromatic nitrogens is 2. The monoisotopic (exact) mass is 541 g/mol. The van der Waals surface area contributed by atoms with E-state index in [2.05, 4.69) is 10.1 Å². The fourth-order valence-corrected chi connectivity index (χ4v) is 5.15. The van der Waals surface area contributed by atoms with E-state index in [1.807, 2.05) is 6.92 Å². The van der Waals surface area contributed by atoms with Crippen LogP contribution in [0.25, 0.3) is 0 Å². The number of aromatic amines is 1. The van der Waals surface area contributed by atoms with Gasteiger partial charge in [-0.25, -0.2) is 9.36 Å². The minimum absolute atomic E-state index is 0.202. The Bertz CT molecular complexity index is 1190. The summed E-state index contributed by atoms with van der Waals surface area (Å²) < 4.78 is 36.7. The van der Waals surface area contributed by atoms with Crippen molar-refractivity contribution in [3.8, 4) is 5.75 Å². The fourth-order valence-electron chi connectivity index (χ4n) is 3.65. The predicted octanol–water partition coefficient (Wildman–Crippen LogP) is 0.929. The van der Waals surface area contributed by atoms with E-state index >= 15 is 0 Å². The Labute approximate surface area is 212 Å². The lowest BCUT2D eigenvalue weighted by Crippen LogP contribution is -2.37. The van der Waals surface area contributed by atoms with Crippen molar-refractivity contribution in [2.75, 3.05) is 19.8 Å². The molecule has 6 atom stereocenters. The van der Waals surface area contributed by atoms with Crippen LogP contribution < -0.4 is 20.9 Å². The quantitative estimate of drug-likeness (QED) is 0.161. The number of rotatable bonds is 13. The largest absolute Gasteiger partial charge is 0.465 e. The number of benzene rings is 1. The van der Waals surface area contributed by atoms with Crippen molar-refractivity contribution in [3.63, 3.8) is 0 Å². The van der Waals surface area contributed by atoms with Crippen molar-refractivity contribution >= 4 is 13.7 Å². The van der Waals surface area contributed by atoms with Gasteiger partial charge in [-0.2, -0.15) is 5.09 Å². The summed E-state index contributed by atoms with van der Waals surface area (Å²) in [6, 6.07) is 8.18. The first-order chi connectivity index (χ1) is 17.7. The maximum absolute atomic E-state index is 13.7. The molecule has 1 fully saturated rings. The molecule has 1 aliphatic rings. The van der Waals surface area contributed by atoms with Crippen LogP contribution in [0.15, 0.2) is 52.2 Å². The van der Waals surface area contributed by atoms with Gasteiger partial charge in [-0.3, -0.25) is 23.7 Å². The molecule has 0 unspecified atom stereocenters. The predicted molar refractivity (Wildman–Crippen MR) is 131 cm³/mol. The lowest BCUT2D eigenvalue weighted by Gasteiger charge is -2.25. The lowest BCUT2D eigenvalue weighted by atomic mass is 9.99. The van der Waals surface area contributed by atoms with Crippen LogP contribution in [-0.2, 0) is 23.4 Å². The Kier molecular flexibility index (Phi) is 10.2. The Hall–Kier alpha value is -2.80. The number of para-hydroxylation sites is 1. The number of esters is 1. The van der Waals surface area contributed by atoms with Gasteiger partial charge in [-0.15, -0.1) is 0 Å². The van der Waals surface area contributed by atoms with Crippen LogP contribution in [-0.4, -0.2) is 63.8 Å². The second-order valence-corrected chi connectivity index (χ2v) is 10.2. The summed E-state index contributed by atoms with van der Waals surface area (Å²) >= 11 is 0. The molecule has 1 aliphatic heterocycles. The minimum atomic E-state index is -4.22.